The summed E-state index contributed by atoms with van der Waals surface area (Å²) in [6.45, 7) is 10.5. The third-order valence-electron chi connectivity index (χ3n) is 5.98. The number of aromatic nitrogens is 1. The van der Waals surface area contributed by atoms with Crippen LogP contribution in [0.5, 0.6) is 5.75 Å². The van der Waals surface area contributed by atoms with Crippen LogP contribution in [0.15, 0.2) is 18.2 Å². The maximum atomic E-state index is 12.4. The monoisotopic (exact) mass is 383 g/mol. The van der Waals surface area contributed by atoms with Crippen LogP contribution in [-0.4, -0.2) is 42.1 Å². The highest BCUT2D eigenvalue weighted by molar-refractivity contribution is 6.02. The molecule has 1 aliphatic rings. The maximum Gasteiger partial charge on any atom is 0.251 e. The molecule has 1 amide bonds. The fourth-order valence-corrected chi connectivity index (χ4v) is 4.54. The van der Waals surface area contributed by atoms with Gasteiger partial charge in [-0.1, -0.05) is 19.4 Å². The van der Waals surface area contributed by atoms with Crippen molar-refractivity contribution >= 4 is 5.91 Å². The highest BCUT2D eigenvalue weighted by atomic mass is 16.5. The minimum absolute atomic E-state index is 0.354. The number of rotatable bonds is 7. The van der Waals surface area contributed by atoms with Crippen molar-refractivity contribution in [1.82, 2.24) is 9.47 Å². The number of hydrogen-bond donors (Lipinski definition) is 1. The van der Waals surface area contributed by atoms with Crippen LogP contribution in [0, 0.1) is 13.8 Å². The number of carbonyl (C=O) groups is 1. The minimum Gasteiger partial charge on any atom is -0.496 e. The standard InChI is InChI=1S/C23H33N3O2/c1-5-19-22(18-9-10-20(28-4)16(2)15-18)21(23(24)27)17(3)26(19)14-13-25-11-7-6-8-12-25/h9-10,15H,5-8,11-14H2,1-4H3,(H2,24,27). The summed E-state index contributed by atoms with van der Waals surface area (Å²) in [4.78, 5) is 14.9. The number of nitrogens with two attached hydrogens (primary N) is 1. The number of methoxy groups -OCH3 is 1. The predicted octanol–water partition coefficient (Wildman–Crippen LogP) is 3.93. The molecule has 0 spiro atoms. The Hall–Kier alpha value is -2.27. The molecule has 0 unspecified atom stereocenters. The summed E-state index contributed by atoms with van der Waals surface area (Å²) in [5.74, 6) is 0.496. The van der Waals surface area contributed by atoms with Crippen LogP contribution in [0.1, 0.15) is 53.5 Å². The van der Waals surface area contributed by atoms with Gasteiger partial charge in [-0.25, -0.2) is 0 Å². The number of benzene rings is 1. The third-order valence-corrected chi connectivity index (χ3v) is 5.98. The van der Waals surface area contributed by atoms with Gasteiger partial charge in [0.2, 0.25) is 0 Å². The third kappa shape index (κ3) is 3.95. The maximum absolute atomic E-state index is 12.4. The second kappa shape index (κ2) is 8.82. The number of ether oxygens (including phenoxy) is 1. The van der Waals surface area contributed by atoms with E-state index in [9.17, 15) is 4.79 Å². The van der Waals surface area contributed by atoms with Crippen molar-refractivity contribution in [2.75, 3.05) is 26.7 Å². The molecule has 5 nitrogen and oxygen atoms in total. The average molecular weight is 384 g/mol. The van der Waals surface area contributed by atoms with E-state index in [2.05, 4.69) is 22.5 Å². The molecule has 2 N–H and O–H groups in total. The van der Waals surface area contributed by atoms with Gasteiger partial charge >= 0.3 is 0 Å². The van der Waals surface area contributed by atoms with Crippen molar-refractivity contribution in [2.24, 2.45) is 5.73 Å². The number of carbonyl (C=O) groups excluding carboxylic acids is 1. The number of hydrogen-bond acceptors (Lipinski definition) is 3. The number of aryl methyl sites for hydroxylation is 1. The van der Waals surface area contributed by atoms with E-state index >= 15 is 0 Å². The van der Waals surface area contributed by atoms with Crippen LogP contribution in [0.4, 0.5) is 0 Å². The van der Waals surface area contributed by atoms with Gasteiger partial charge in [0, 0.05) is 30.0 Å². The molecule has 1 aliphatic heterocycles. The zero-order valence-electron chi connectivity index (χ0n) is 17.7. The van der Waals surface area contributed by atoms with E-state index in [1.165, 1.54) is 38.0 Å². The van der Waals surface area contributed by atoms with Crippen LogP contribution in [-0.2, 0) is 13.0 Å². The summed E-state index contributed by atoms with van der Waals surface area (Å²) >= 11 is 0. The summed E-state index contributed by atoms with van der Waals surface area (Å²) in [5.41, 5.74) is 11.7. The van der Waals surface area contributed by atoms with Crippen molar-refractivity contribution in [2.45, 2.75) is 53.0 Å². The molecule has 1 aromatic carbocycles. The predicted molar refractivity (Wildman–Crippen MR) is 114 cm³/mol. The van der Waals surface area contributed by atoms with E-state index in [0.29, 0.717) is 5.56 Å². The fraction of sp³-hybridized carbons (Fsp3) is 0.522. The lowest BCUT2D eigenvalue weighted by molar-refractivity contribution is 0.1000. The van der Waals surface area contributed by atoms with E-state index in [0.717, 1.165) is 47.6 Å². The van der Waals surface area contributed by atoms with Gasteiger partial charge in [-0.05, 0) is 69.5 Å². The Morgan fingerprint density at radius 3 is 2.43 bits per heavy atom. The molecule has 0 saturated carbocycles. The van der Waals surface area contributed by atoms with Gasteiger partial charge in [0.05, 0.1) is 12.7 Å². The molecule has 1 saturated heterocycles. The lowest BCUT2D eigenvalue weighted by Gasteiger charge is -2.27. The van der Waals surface area contributed by atoms with Crippen LogP contribution in [0.2, 0.25) is 0 Å². The normalized spacial score (nSPS) is 15.0. The largest absolute Gasteiger partial charge is 0.496 e. The van der Waals surface area contributed by atoms with Gasteiger partial charge in [-0.2, -0.15) is 0 Å². The van der Waals surface area contributed by atoms with Crippen LogP contribution < -0.4 is 10.5 Å². The van der Waals surface area contributed by atoms with Gasteiger partial charge in [0.1, 0.15) is 5.75 Å². The lowest BCUT2D eigenvalue weighted by atomic mass is 9.97. The summed E-state index contributed by atoms with van der Waals surface area (Å²) in [6, 6.07) is 6.09. The Kier molecular flexibility index (Phi) is 6.45. The SMILES string of the molecule is CCc1c(-c2ccc(OC)c(C)c2)c(C(N)=O)c(C)n1CCN1CCCCC1. The average Bonchev–Trinajstić information content (AvgIpc) is 2.98. The van der Waals surface area contributed by atoms with Gasteiger partial charge in [0.25, 0.3) is 5.91 Å². The molecule has 0 atom stereocenters. The van der Waals surface area contributed by atoms with E-state index in [4.69, 9.17) is 10.5 Å². The second-order valence-electron chi connectivity index (χ2n) is 7.74. The molecule has 28 heavy (non-hydrogen) atoms. The molecule has 2 heterocycles. The van der Waals surface area contributed by atoms with Gasteiger partial charge in [-0.3, -0.25) is 4.79 Å². The van der Waals surface area contributed by atoms with Crippen molar-refractivity contribution in [1.29, 1.82) is 0 Å². The first-order valence-electron chi connectivity index (χ1n) is 10.4. The molecule has 0 radical (unpaired) electrons. The first-order chi connectivity index (χ1) is 13.5. The molecule has 3 rings (SSSR count). The summed E-state index contributed by atoms with van der Waals surface area (Å²) in [7, 11) is 1.68. The van der Waals surface area contributed by atoms with Crippen LogP contribution in [0.3, 0.4) is 0 Å². The van der Waals surface area contributed by atoms with E-state index in [-0.39, 0.29) is 5.91 Å². The Bertz CT molecular complexity index is 848. The Morgan fingerprint density at radius 2 is 1.86 bits per heavy atom. The molecule has 0 bridgehead atoms. The fourth-order valence-electron chi connectivity index (χ4n) is 4.54. The van der Waals surface area contributed by atoms with Gasteiger partial charge < -0.3 is 19.9 Å². The van der Waals surface area contributed by atoms with Crippen molar-refractivity contribution in [3.8, 4) is 16.9 Å². The Balaban J connectivity index is 2.03. The van der Waals surface area contributed by atoms with Crippen molar-refractivity contribution in [3.05, 3.63) is 40.7 Å². The molecule has 152 valence electrons. The molecule has 1 aromatic heterocycles. The summed E-state index contributed by atoms with van der Waals surface area (Å²) < 4.78 is 7.71. The van der Waals surface area contributed by atoms with Gasteiger partial charge in [0.15, 0.2) is 0 Å². The first-order valence-corrected chi connectivity index (χ1v) is 10.4. The molecule has 2 aromatic rings. The summed E-state index contributed by atoms with van der Waals surface area (Å²) in [5, 5.41) is 0. The van der Waals surface area contributed by atoms with E-state index in [1.807, 2.05) is 26.0 Å². The lowest BCUT2D eigenvalue weighted by Crippen LogP contribution is -2.33. The molecule has 5 heteroatoms. The zero-order valence-corrected chi connectivity index (χ0v) is 17.7. The number of likely N-dealkylation sites (tertiary alicyclic amines) is 1. The number of nitrogens with zero attached hydrogens (tertiary/aromatic N) is 2. The first kappa shape index (κ1) is 20.5. The second-order valence-corrected chi connectivity index (χ2v) is 7.74. The number of amides is 1. The molecule has 0 aliphatic carbocycles. The van der Waals surface area contributed by atoms with Gasteiger partial charge in [-0.15, -0.1) is 0 Å². The Morgan fingerprint density at radius 1 is 1.14 bits per heavy atom. The molecular weight excluding hydrogens is 350 g/mol. The summed E-state index contributed by atoms with van der Waals surface area (Å²) in [6.07, 6.45) is 4.77. The topological polar surface area (TPSA) is 60.5 Å². The minimum atomic E-state index is -0.354. The highest BCUT2D eigenvalue weighted by Gasteiger charge is 2.24. The highest BCUT2D eigenvalue weighted by Crippen LogP contribution is 2.35. The molecule has 1 fully saturated rings. The smallest absolute Gasteiger partial charge is 0.251 e. The van der Waals surface area contributed by atoms with Crippen molar-refractivity contribution < 1.29 is 9.53 Å². The quantitative estimate of drug-likeness (QED) is 0.788. The van der Waals surface area contributed by atoms with E-state index in [1.54, 1.807) is 7.11 Å². The van der Waals surface area contributed by atoms with E-state index < -0.39 is 0 Å². The van der Waals surface area contributed by atoms with Crippen LogP contribution >= 0.6 is 0 Å². The van der Waals surface area contributed by atoms with Crippen LogP contribution in [0.25, 0.3) is 11.1 Å². The number of piperidine rings is 1. The van der Waals surface area contributed by atoms with Crippen molar-refractivity contribution in [3.63, 3.8) is 0 Å². The number of primary amides is 1. The Labute approximate surface area is 168 Å². The zero-order chi connectivity index (χ0) is 20.3. The molecular formula is C23H33N3O2.